The molecular weight excluding hydrogens is 174 g/mol. The minimum atomic E-state index is 0.313. The van der Waals surface area contributed by atoms with Gasteiger partial charge in [0, 0.05) is 19.0 Å². The van der Waals surface area contributed by atoms with E-state index in [1.54, 1.807) is 0 Å². The van der Waals surface area contributed by atoms with Crippen LogP contribution in [-0.2, 0) is 11.3 Å². The molecule has 14 heavy (non-hydrogen) atoms. The zero-order valence-electron chi connectivity index (χ0n) is 8.81. The number of carbonyl (C=O) groups excluding carboxylic acids is 1. The van der Waals surface area contributed by atoms with Gasteiger partial charge in [-0.1, -0.05) is 30.3 Å². The second-order valence-corrected chi connectivity index (χ2v) is 3.65. The van der Waals surface area contributed by atoms with E-state index in [0.29, 0.717) is 12.5 Å². The van der Waals surface area contributed by atoms with Crippen LogP contribution in [0.25, 0.3) is 0 Å². The summed E-state index contributed by atoms with van der Waals surface area (Å²) in [5, 5.41) is 0. The highest BCUT2D eigenvalue weighted by Gasteiger charge is 2.07. The second kappa shape index (κ2) is 5.55. The Labute approximate surface area is 85.5 Å². The van der Waals surface area contributed by atoms with Gasteiger partial charge in [-0.05, 0) is 19.5 Å². The Morgan fingerprint density at radius 1 is 1.36 bits per heavy atom. The van der Waals surface area contributed by atoms with Crippen molar-refractivity contribution >= 4 is 6.29 Å². The highest BCUT2D eigenvalue weighted by molar-refractivity contribution is 5.50. The molecule has 1 aromatic rings. The van der Waals surface area contributed by atoms with Crippen molar-refractivity contribution in [3.8, 4) is 0 Å². The van der Waals surface area contributed by atoms with E-state index in [1.807, 2.05) is 25.2 Å². The van der Waals surface area contributed by atoms with Crippen LogP contribution in [0.5, 0.6) is 0 Å². The summed E-state index contributed by atoms with van der Waals surface area (Å²) in [6.45, 7) is 2.97. The third kappa shape index (κ3) is 3.30. The predicted molar refractivity (Wildman–Crippen MR) is 58.1 cm³/mol. The van der Waals surface area contributed by atoms with Crippen LogP contribution < -0.4 is 0 Å². The predicted octanol–water partition coefficient (Wildman–Crippen LogP) is 2.10. The Morgan fingerprint density at radius 2 is 2.00 bits per heavy atom. The molecule has 0 saturated heterocycles. The molecule has 0 N–H and O–H groups in total. The smallest absolute Gasteiger partial charge is 0.121 e. The standard InChI is InChI=1S/C12H17NO/c1-11(8-9-14)13(2)10-12-6-4-3-5-7-12/h3-7,9,11H,8,10H2,1-2H3. The molecule has 0 aliphatic rings. The Balaban J connectivity index is 2.48. The lowest BCUT2D eigenvalue weighted by Gasteiger charge is -2.22. The molecule has 76 valence electrons. The number of nitrogens with zero attached hydrogens (tertiary/aromatic N) is 1. The van der Waals surface area contributed by atoms with Crippen molar-refractivity contribution < 1.29 is 4.79 Å². The molecule has 1 aromatic carbocycles. The molecule has 0 radical (unpaired) electrons. The monoisotopic (exact) mass is 191 g/mol. The van der Waals surface area contributed by atoms with Gasteiger partial charge < -0.3 is 4.79 Å². The van der Waals surface area contributed by atoms with Crippen molar-refractivity contribution in [1.29, 1.82) is 0 Å². The minimum Gasteiger partial charge on any atom is -0.303 e. The number of hydrogen-bond acceptors (Lipinski definition) is 2. The maximum Gasteiger partial charge on any atom is 0.121 e. The van der Waals surface area contributed by atoms with Gasteiger partial charge in [0.25, 0.3) is 0 Å². The Bertz CT molecular complexity index is 271. The third-order valence-corrected chi connectivity index (χ3v) is 2.46. The highest BCUT2D eigenvalue weighted by atomic mass is 16.1. The van der Waals surface area contributed by atoms with E-state index < -0.39 is 0 Å². The number of hydrogen-bond donors (Lipinski definition) is 0. The fourth-order valence-electron chi connectivity index (χ4n) is 1.35. The van der Waals surface area contributed by atoms with E-state index in [4.69, 9.17) is 0 Å². The molecule has 0 aliphatic heterocycles. The second-order valence-electron chi connectivity index (χ2n) is 3.65. The lowest BCUT2D eigenvalue weighted by molar-refractivity contribution is -0.108. The average molecular weight is 191 g/mol. The van der Waals surface area contributed by atoms with Gasteiger partial charge in [0.05, 0.1) is 0 Å². The van der Waals surface area contributed by atoms with Crippen LogP contribution in [0.15, 0.2) is 30.3 Å². The number of benzene rings is 1. The van der Waals surface area contributed by atoms with E-state index in [2.05, 4.69) is 24.0 Å². The summed E-state index contributed by atoms with van der Waals surface area (Å²) in [6, 6.07) is 10.6. The first-order chi connectivity index (χ1) is 6.74. The van der Waals surface area contributed by atoms with Crippen molar-refractivity contribution in [2.24, 2.45) is 0 Å². The minimum absolute atomic E-state index is 0.313. The fraction of sp³-hybridized carbons (Fsp3) is 0.417. The summed E-state index contributed by atoms with van der Waals surface area (Å²) >= 11 is 0. The topological polar surface area (TPSA) is 20.3 Å². The highest BCUT2D eigenvalue weighted by Crippen LogP contribution is 2.06. The Kier molecular flexibility index (Phi) is 4.33. The largest absolute Gasteiger partial charge is 0.303 e. The van der Waals surface area contributed by atoms with Gasteiger partial charge in [-0.3, -0.25) is 4.90 Å². The maximum atomic E-state index is 10.3. The van der Waals surface area contributed by atoms with Crippen molar-refractivity contribution in [1.82, 2.24) is 4.90 Å². The molecule has 0 fully saturated rings. The van der Waals surface area contributed by atoms with Crippen LogP contribution in [-0.4, -0.2) is 24.3 Å². The number of aldehydes is 1. The van der Waals surface area contributed by atoms with Gasteiger partial charge in [0.15, 0.2) is 0 Å². The summed E-state index contributed by atoms with van der Waals surface area (Å²) in [6.07, 6.45) is 1.58. The summed E-state index contributed by atoms with van der Waals surface area (Å²) in [7, 11) is 2.04. The van der Waals surface area contributed by atoms with Crippen molar-refractivity contribution in [2.45, 2.75) is 25.9 Å². The van der Waals surface area contributed by atoms with Crippen molar-refractivity contribution in [3.63, 3.8) is 0 Å². The summed E-state index contributed by atoms with van der Waals surface area (Å²) in [5.74, 6) is 0. The maximum absolute atomic E-state index is 10.3. The lowest BCUT2D eigenvalue weighted by atomic mass is 10.1. The van der Waals surface area contributed by atoms with E-state index in [0.717, 1.165) is 12.8 Å². The van der Waals surface area contributed by atoms with E-state index in [-0.39, 0.29) is 0 Å². The first-order valence-electron chi connectivity index (χ1n) is 4.92. The van der Waals surface area contributed by atoms with Crippen molar-refractivity contribution in [2.75, 3.05) is 7.05 Å². The summed E-state index contributed by atoms with van der Waals surface area (Å²) < 4.78 is 0. The van der Waals surface area contributed by atoms with Crippen LogP contribution in [0, 0.1) is 0 Å². The molecule has 0 saturated carbocycles. The third-order valence-electron chi connectivity index (χ3n) is 2.46. The SMILES string of the molecule is CC(CC=O)N(C)Cc1ccccc1. The average Bonchev–Trinajstić information content (AvgIpc) is 2.19. The molecular formula is C12H17NO. The van der Waals surface area contributed by atoms with Crippen molar-refractivity contribution in [3.05, 3.63) is 35.9 Å². The molecule has 2 nitrogen and oxygen atoms in total. The van der Waals surface area contributed by atoms with Crippen LogP contribution in [0.2, 0.25) is 0 Å². The zero-order chi connectivity index (χ0) is 10.4. The van der Waals surface area contributed by atoms with E-state index in [9.17, 15) is 4.79 Å². The van der Waals surface area contributed by atoms with Gasteiger partial charge in [0.1, 0.15) is 6.29 Å². The molecule has 1 rings (SSSR count). The molecule has 0 heterocycles. The summed E-state index contributed by atoms with van der Waals surface area (Å²) in [4.78, 5) is 12.5. The molecule has 0 aromatic heterocycles. The van der Waals surface area contributed by atoms with Gasteiger partial charge >= 0.3 is 0 Å². The first-order valence-corrected chi connectivity index (χ1v) is 4.92. The normalized spacial score (nSPS) is 12.8. The molecule has 0 amide bonds. The Hall–Kier alpha value is -1.15. The van der Waals surface area contributed by atoms with Gasteiger partial charge in [0.2, 0.25) is 0 Å². The zero-order valence-corrected chi connectivity index (χ0v) is 8.81. The number of rotatable bonds is 5. The van der Waals surface area contributed by atoms with Crippen LogP contribution in [0.1, 0.15) is 18.9 Å². The van der Waals surface area contributed by atoms with Gasteiger partial charge in [-0.2, -0.15) is 0 Å². The lowest BCUT2D eigenvalue weighted by Crippen LogP contribution is -2.28. The molecule has 2 heteroatoms. The van der Waals surface area contributed by atoms with Crippen LogP contribution >= 0.6 is 0 Å². The van der Waals surface area contributed by atoms with Crippen LogP contribution in [0.3, 0.4) is 0 Å². The van der Waals surface area contributed by atoms with E-state index >= 15 is 0 Å². The van der Waals surface area contributed by atoms with E-state index in [1.165, 1.54) is 5.56 Å². The van der Waals surface area contributed by atoms with Crippen LogP contribution in [0.4, 0.5) is 0 Å². The molecule has 1 atom stereocenters. The molecule has 0 aliphatic carbocycles. The summed E-state index contributed by atoms with van der Waals surface area (Å²) in [5.41, 5.74) is 1.28. The van der Waals surface area contributed by atoms with Gasteiger partial charge in [-0.15, -0.1) is 0 Å². The Morgan fingerprint density at radius 3 is 2.57 bits per heavy atom. The first kappa shape index (κ1) is 10.9. The fourth-order valence-corrected chi connectivity index (χ4v) is 1.35. The molecule has 1 unspecified atom stereocenters. The molecule has 0 spiro atoms. The molecule has 0 bridgehead atoms. The quantitative estimate of drug-likeness (QED) is 0.664. The number of carbonyl (C=O) groups is 1. The van der Waals surface area contributed by atoms with Gasteiger partial charge in [-0.25, -0.2) is 0 Å².